The molecule has 0 bridgehead atoms. The van der Waals surface area contributed by atoms with Gasteiger partial charge < -0.3 is 15.4 Å². The Labute approximate surface area is 97.1 Å². The van der Waals surface area contributed by atoms with Crippen molar-refractivity contribution in [3.8, 4) is 11.4 Å². The summed E-state index contributed by atoms with van der Waals surface area (Å²) in [6.07, 6.45) is 0. The highest BCUT2D eigenvalue weighted by molar-refractivity contribution is 5.59. The third kappa shape index (κ3) is 2.32. The quantitative estimate of drug-likeness (QED) is 0.837. The van der Waals surface area contributed by atoms with E-state index in [-0.39, 0.29) is 24.1 Å². The molecule has 2 rings (SSSR count). The van der Waals surface area contributed by atoms with Crippen LogP contribution < -0.4 is 5.73 Å². The van der Waals surface area contributed by atoms with Crippen molar-refractivity contribution < 1.29 is 14.0 Å². The topological polar surface area (TPSA) is 85.2 Å². The lowest BCUT2D eigenvalue weighted by Gasteiger charge is -2.00. The van der Waals surface area contributed by atoms with E-state index in [2.05, 4.69) is 10.1 Å². The first-order valence-electron chi connectivity index (χ1n) is 5.08. The van der Waals surface area contributed by atoms with Crippen LogP contribution in [0.25, 0.3) is 11.4 Å². The van der Waals surface area contributed by atoms with Crippen molar-refractivity contribution in [3.05, 3.63) is 35.5 Å². The molecule has 0 fully saturated rings. The number of aliphatic hydroxyl groups excluding tert-OH is 1. The number of aliphatic hydroxyl groups is 1. The highest BCUT2D eigenvalue weighted by Crippen LogP contribution is 2.22. The van der Waals surface area contributed by atoms with E-state index in [0.29, 0.717) is 5.56 Å². The van der Waals surface area contributed by atoms with E-state index in [0.717, 1.165) is 5.56 Å². The summed E-state index contributed by atoms with van der Waals surface area (Å²) in [5.41, 5.74) is 6.91. The molecule has 0 aliphatic carbocycles. The number of nitrogens with two attached hydrogens (primary N) is 1. The highest BCUT2D eigenvalue weighted by Gasteiger charge is 2.16. The third-order valence-corrected chi connectivity index (χ3v) is 2.40. The summed E-state index contributed by atoms with van der Waals surface area (Å²) >= 11 is 0. The maximum Gasteiger partial charge on any atom is 0.246 e. The Kier molecular flexibility index (Phi) is 3.16. The lowest BCUT2D eigenvalue weighted by Crippen LogP contribution is -2.14. The zero-order valence-electron chi connectivity index (χ0n) is 9.22. The van der Waals surface area contributed by atoms with Gasteiger partial charge in [0.2, 0.25) is 11.7 Å². The molecule has 0 aliphatic rings. The van der Waals surface area contributed by atoms with Gasteiger partial charge in [0.05, 0.1) is 6.61 Å². The number of halogens is 1. The number of rotatable bonds is 3. The van der Waals surface area contributed by atoms with E-state index in [9.17, 15) is 4.39 Å². The summed E-state index contributed by atoms with van der Waals surface area (Å²) in [7, 11) is 0. The first-order chi connectivity index (χ1) is 8.11. The molecule has 17 heavy (non-hydrogen) atoms. The van der Waals surface area contributed by atoms with Crippen molar-refractivity contribution in [1.29, 1.82) is 0 Å². The minimum atomic E-state index is -0.717. The molecule has 0 unspecified atom stereocenters. The molecule has 0 saturated carbocycles. The first kappa shape index (κ1) is 11.7. The fourth-order valence-corrected chi connectivity index (χ4v) is 1.41. The molecule has 1 aromatic carbocycles. The molecule has 6 heteroatoms. The number of aromatic nitrogens is 2. The van der Waals surface area contributed by atoms with Crippen LogP contribution >= 0.6 is 0 Å². The van der Waals surface area contributed by atoms with E-state index < -0.39 is 6.04 Å². The molecule has 1 atom stereocenters. The van der Waals surface area contributed by atoms with Crippen molar-refractivity contribution in [1.82, 2.24) is 10.1 Å². The van der Waals surface area contributed by atoms with Crippen LogP contribution in [0.4, 0.5) is 4.39 Å². The second-order valence-corrected chi connectivity index (χ2v) is 3.70. The molecule has 0 amide bonds. The molecular weight excluding hydrogens is 225 g/mol. The predicted molar refractivity (Wildman–Crippen MR) is 58.4 cm³/mol. The molecule has 0 radical (unpaired) electrons. The predicted octanol–water partition coefficient (Wildman–Crippen LogP) is 1.18. The molecule has 0 spiro atoms. The zero-order valence-corrected chi connectivity index (χ0v) is 9.22. The molecule has 0 aliphatic heterocycles. The van der Waals surface area contributed by atoms with Crippen molar-refractivity contribution >= 4 is 0 Å². The number of nitrogens with zero attached hydrogens (tertiary/aromatic N) is 2. The molecule has 2 aromatic rings. The maximum atomic E-state index is 13.1. The van der Waals surface area contributed by atoms with Gasteiger partial charge >= 0.3 is 0 Å². The summed E-state index contributed by atoms with van der Waals surface area (Å²) < 4.78 is 18.0. The van der Waals surface area contributed by atoms with Crippen LogP contribution in [-0.4, -0.2) is 21.9 Å². The Morgan fingerprint density at radius 3 is 3.00 bits per heavy atom. The van der Waals surface area contributed by atoms with Gasteiger partial charge in [-0.1, -0.05) is 11.2 Å². The third-order valence-electron chi connectivity index (χ3n) is 2.40. The Morgan fingerprint density at radius 2 is 2.29 bits per heavy atom. The van der Waals surface area contributed by atoms with Gasteiger partial charge in [-0.15, -0.1) is 0 Å². The van der Waals surface area contributed by atoms with Crippen LogP contribution in [0, 0.1) is 12.7 Å². The molecule has 1 aromatic heterocycles. The van der Waals surface area contributed by atoms with Crippen LogP contribution in [0.3, 0.4) is 0 Å². The first-order valence-corrected chi connectivity index (χ1v) is 5.08. The SMILES string of the molecule is Cc1ccc(F)cc1-c1noc([C@H](N)CO)n1. The molecule has 90 valence electrons. The lowest BCUT2D eigenvalue weighted by atomic mass is 10.1. The van der Waals surface area contributed by atoms with E-state index in [1.165, 1.54) is 12.1 Å². The monoisotopic (exact) mass is 237 g/mol. The Balaban J connectivity index is 2.40. The van der Waals surface area contributed by atoms with Crippen LogP contribution in [0.15, 0.2) is 22.7 Å². The number of aryl methyl sites for hydroxylation is 1. The zero-order chi connectivity index (χ0) is 12.4. The average Bonchev–Trinajstić information content (AvgIpc) is 2.80. The molecular formula is C11H12FN3O2. The van der Waals surface area contributed by atoms with Crippen LogP contribution in [0.2, 0.25) is 0 Å². The maximum absolute atomic E-state index is 13.1. The minimum absolute atomic E-state index is 0.131. The lowest BCUT2D eigenvalue weighted by molar-refractivity contribution is 0.237. The van der Waals surface area contributed by atoms with Crippen LogP contribution in [0.5, 0.6) is 0 Å². The average molecular weight is 237 g/mol. The normalized spacial score (nSPS) is 12.7. The van der Waals surface area contributed by atoms with Gasteiger partial charge in [0.25, 0.3) is 0 Å². The van der Waals surface area contributed by atoms with Crippen LogP contribution in [0.1, 0.15) is 17.5 Å². The van der Waals surface area contributed by atoms with Crippen LogP contribution in [-0.2, 0) is 0 Å². The van der Waals surface area contributed by atoms with Crippen molar-refractivity contribution in [2.75, 3.05) is 6.61 Å². The summed E-state index contributed by atoms with van der Waals surface area (Å²) in [6.45, 7) is 1.53. The minimum Gasteiger partial charge on any atom is -0.394 e. The van der Waals surface area contributed by atoms with E-state index in [4.69, 9.17) is 15.4 Å². The summed E-state index contributed by atoms with van der Waals surface area (Å²) in [5.74, 6) is 0.0236. The van der Waals surface area contributed by atoms with Crippen molar-refractivity contribution in [2.24, 2.45) is 5.73 Å². The van der Waals surface area contributed by atoms with E-state index in [1.54, 1.807) is 6.07 Å². The van der Waals surface area contributed by atoms with E-state index >= 15 is 0 Å². The smallest absolute Gasteiger partial charge is 0.246 e. The van der Waals surface area contributed by atoms with Gasteiger partial charge in [-0.05, 0) is 24.6 Å². The Bertz CT molecular complexity index is 527. The summed E-state index contributed by atoms with van der Waals surface area (Å²) in [5, 5.41) is 12.6. The molecule has 5 nitrogen and oxygen atoms in total. The Hall–Kier alpha value is -1.79. The van der Waals surface area contributed by atoms with E-state index in [1.807, 2.05) is 6.92 Å². The number of hydrogen-bond donors (Lipinski definition) is 2. The second-order valence-electron chi connectivity index (χ2n) is 3.70. The van der Waals surface area contributed by atoms with Gasteiger partial charge in [0.1, 0.15) is 11.9 Å². The van der Waals surface area contributed by atoms with Crippen molar-refractivity contribution in [3.63, 3.8) is 0 Å². The summed E-state index contributed by atoms with van der Waals surface area (Å²) in [4.78, 5) is 4.02. The second kappa shape index (κ2) is 4.60. The van der Waals surface area contributed by atoms with Gasteiger partial charge in [-0.2, -0.15) is 4.98 Å². The van der Waals surface area contributed by atoms with Gasteiger partial charge in [-0.25, -0.2) is 4.39 Å². The fraction of sp³-hybridized carbons (Fsp3) is 0.273. The Morgan fingerprint density at radius 1 is 1.53 bits per heavy atom. The number of benzene rings is 1. The molecule has 3 N–H and O–H groups in total. The molecule has 1 heterocycles. The van der Waals surface area contributed by atoms with Gasteiger partial charge in [-0.3, -0.25) is 0 Å². The standard InChI is InChI=1S/C11H12FN3O2/c1-6-2-3-7(12)4-8(6)10-14-11(17-15-10)9(13)5-16/h2-4,9,16H,5,13H2,1H3/t9-/m1/s1. The summed E-state index contributed by atoms with van der Waals surface area (Å²) in [6, 6.07) is 3.60. The largest absolute Gasteiger partial charge is 0.394 e. The van der Waals surface area contributed by atoms with Crippen molar-refractivity contribution in [2.45, 2.75) is 13.0 Å². The fourth-order valence-electron chi connectivity index (χ4n) is 1.41. The number of hydrogen-bond acceptors (Lipinski definition) is 5. The van der Waals surface area contributed by atoms with Gasteiger partial charge in [0, 0.05) is 5.56 Å². The molecule has 0 saturated heterocycles. The highest BCUT2D eigenvalue weighted by atomic mass is 19.1. The van der Waals surface area contributed by atoms with Gasteiger partial charge in [0.15, 0.2) is 0 Å².